The highest BCUT2D eigenvalue weighted by atomic mass is 35.5. The Balaban J connectivity index is 1.75. The molecule has 0 unspecified atom stereocenters. The average Bonchev–Trinajstić information content (AvgIpc) is 2.48. The van der Waals surface area contributed by atoms with Crippen molar-refractivity contribution in [1.82, 2.24) is 5.32 Å². The van der Waals surface area contributed by atoms with Crippen LogP contribution in [0.1, 0.15) is 39.0 Å². The summed E-state index contributed by atoms with van der Waals surface area (Å²) < 4.78 is 5.60. The molecule has 1 aliphatic rings. The molecule has 2 rings (SSSR count). The molecule has 1 aromatic rings. The molecule has 0 saturated heterocycles. The molecule has 3 nitrogen and oxygen atoms in total. The first-order valence-corrected chi connectivity index (χ1v) is 7.73. The molecule has 0 radical (unpaired) electrons. The average molecular weight is 296 g/mol. The van der Waals surface area contributed by atoms with Crippen molar-refractivity contribution < 1.29 is 9.53 Å². The molecule has 1 atom stereocenters. The van der Waals surface area contributed by atoms with E-state index in [4.69, 9.17) is 16.3 Å². The number of rotatable bonds is 5. The molecule has 110 valence electrons. The first-order valence-electron chi connectivity index (χ1n) is 7.35. The van der Waals surface area contributed by atoms with Crippen molar-refractivity contribution in [3.05, 3.63) is 29.3 Å². The van der Waals surface area contributed by atoms with Gasteiger partial charge in [0.25, 0.3) is 5.91 Å². The second-order valence-corrected chi connectivity index (χ2v) is 5.90. The van der Waals surface area contributed by atoms with Gasteiger partial charge in [-0.15, -0.1) is 0 Å². The van der Waals surface area contributed by atoms with Gasteiger partial charge < -0.3 is 10.1 Å². The van der Waals surface area contributed by atoms with Gasteiger partial charge in [0.15, 0.2) is 6.10 Å². The molecule has 0 spiro atoms. The van der Waals surface area contributed by atoms with Gasteiger partial charge in [-0.1, -0.05) is 30.9 Å². The van der Waals surface area contributed by atoms with Crippen LogP contribution in [-0.4, -0.2) is 18.6 Å². The van der Waals surface area contributed by atoms with Crippen LogP contribution in [0.4, 0.5) is 0 Å². The first kappa shape index (κ1) is 15.2. The normalized spacial score (nSPS) is 17.5. The predicted octanol–water partition coefficient (Wildman–Crippen LogP) is 3.80. The Morgan fingerprint density at radius 1 is 1.30 bits per heavy atom. The molecule has 4 heteroatoms. The molecule has 20 heavy (non-hydrogen) atoms. The first-order chi connectivity index (χ1) is 9.65. The standard InChI is InChI=1S/C16H22ClNO2/c1-12(20-15-9-7-14(17)8-10-15)16(19)18-11-13-5-3-2-4-6-13/h7-10,12-13H,2-6,11H2,1H3,(H,18,19)/t12-/m1/s1. The van der Waals surface area contributed by atoms with Gasteiger partial charge in [0.2, 0.25) is 0 Å². The summed E-state index contributed by atoms with van der Waals surface area (Å²) in [6.45, 7) is 2.54. The van der Waals surface area contributed by atoms with Crippen LogP contribution in [0.3, 0.4) is 0 Å². The van der Waals surface area contributed by atoms with Crippen LogP contribution < -0.4 is 10.1 Å². The zero-order valence-corrected chi connectivity index (χ0v) is 12.7. The number of carbonyl (C=O) groups excluding carboxylic acids is 1. The summed E-state index contributed by atoms with van der Waals surface area (Å²) in [5.74, 6) is 1.25. The Kier molecular flexibility index (Phi) is 5.72. The minimum Gasteiger partial charge on any atom is -0.481 e. The molecule has 1 amide bonds. The molecule has 0 aromatic heterocycles. The topological polar surface area (TPSA) is 38.3 Å². The second-order valence-electron chi connectivity index (χ2n) is 5.46. The number of hydrogen-bond acceptors (Lipinski definition) is 2. The van der Waals surface area contributed by atoms with Crippen LogP contribution in [0.15, 0.2) is 24.3 Å². The highest BCUT2D eigenvalue weighted by Crippen LogP contribution is 2.22. The van der Waals surface area contributed by atoms with Crippen molar-refractivity contribution in [3.63, 3.8) is 0 Å². The fourth-order valence-electron chi connectivity index (χ4n) is 2.55. The largest absolute Gasteiger partial charge is 0.481 e. The molecular weight excluding hydrogens is 274 g/mol. The van der Waals surface area contributed by atoms with E-state index in [1.54, 1.807) is 31.2 Å². The van der Waals surface area contributed by atoms with Gasteiger partial charge in [0.1, 0.15) is 5.75 Å². The van der Waals surface area contributed by atoms with Gasteiger partial charge >= 0.3 is 0 Å². The van der Waals surface area contributed by atoms with Gasteiger partial charge in [0, 0.05) is 11.6 Å². The van der Waals surface area contributed by atoms with Crippen LogP contribution in [0.25, 0.3) is 0 Å². The Morgan fingerprint density at radius 3 is 2.60 bits per heavy atom. The minimum atomic E-state index is -0.486. The molecule has 1 saturated carbocycles. The van der Waals surface area contributed by atoms with E-state index in [2.05, 4.69) is 5.32 Å². The lowest BCUT2D eigenvalue weighted by atomic mass is 9.89. The number of halogens is 1. The summed E-state index contributed by atoms with van der Waals surface area (Å²) in [6.07, 6.45) is 5.88. The lowest BCUT2D eigenvalue weighted by molar-refractivity contribution is -0.127. The number of carbonyl (C=O) groups is 1. The SMILES string of the molecule is C[C@@H](Oc1ccc(Cl)cc1)C(=O)NCC1CCCCC1. The Labute approximate surface area is 125 Å². The van der Waals surface area contributed by atoms with Crippen molar-refractivity contribution in [2.75, 3.05) is 6.54 Å². The lowest BCUT2D eigenvalue weighted by Crippen LogP contribution is -2.39. The summed E-state index contributed by atoms with van der Waals surface area (Å²) in [6, 6.07) is 7.05. The van der Waals surface area contributed by atoms with E-state index < -0.39 is 6.10 Å². The van der Waals surface area contributed by atoms with Crippen LogP contribution in [0, 0.1) is 5.92 Å². The zero-order chi connectivity index (χ0) is 14.4. The van der Waals surface area contributed by atoms with E-state index >= 15 is 0 Å². The summed E-state index contributed by atoms with van der Waals surface area (Å²) in [4.78, 5) is 12.0. The van der Waals surface area contributed by atoms with E-state index in [0.29, 0.717) is 16.7 Å². The Hall–Kier alpha value is -1.22. The van der Waals surface area contributed by atoms with E-state index in [1.165, 1.54) is 32.1 Å². The van der Waals surface area contributed by atoms with Crippen molar-refractivity contribution in [2.24, 2.45) is 5.92 Å². The van der Waals surface area contributed by atoms with Crippen molar-refractivity contribution in [1.29, 1.82) is 0 Å². The lowest BCUT2D eigenvalue weighted by Gasteiger charge is -2.22. The summed E-state index contributed by atoms with van der Waals surface area (Å²) in [5.41, 5.74) is 0. The Bertz CT molecular complexity index is 427. The van der Waals surface area contributed by atoms with Gasteiger partial charge in [-0.05, 0) is 49.9 Å². The smallest absolute Gasteiger partial charge is 0.260 e. The Morgan fingerprint density at radius 2 is 1.95 bits per heavy atom. The fraction of sp³-hybridized carbons (Fsp3) is 0.562. The number of amides is 1. The van der Waals surface area contributed by atoms with E-state index in [9.17, 15) is 4.79 Å². The number of hydrogen-bond donors (Lipinski definition) is 1. The van der Waals surface area contributed by atoms with E-state index in [-0.39, 0.29) is 5.91 Å². The maximum atomic E-state index is 12.0. The quantitative estimate of drug-likeness (QED) is 0.897. The third-order valence-corrected chi connectivity index (χ3v) is 4.04. The minimum absolute atomic E-state index is 0.0504. The van der Waals surface area contributed by atoms with Crippen molar-refractivity contribution >= 4 is 17.5 Å². The van der Waals surface area contributed by atoms with Crippen LogP contribution >= 0.6 is 11.6 Å². The van der Waals surface area contributed by atoms with Crippen LogP contribution in [-0.2, 0) is 4.79 Å². The maximum Gasteiger partial charge on any atom is 0.260 e. The second kappa shape index (κ2) is 7.53. The molecule has 1 aromatic carbocycles. The van der Waals surface area contributed by atoms with Crippen LogP contribution in [0.5, 0.6) is 5.75 Å². The fourth-order valence-corrected chi connectivity index (χ4v) is 2.68. The molecule has 0 aliphatic heterocycles. The van der Waals surface area contributed by atoms with Gasteiger partial charge in [-0.2, -0.15) is 0 Å². The van der Waals surface area contributed by atoms with Gasteiger partial charge in [-0.25, -0.2) is 0 Å². The van der Waals surface area contributed by atoms with E-state index in [1.807, 2.05) is 0 Å². The molecule has 1 N–H and O–H groups in total. The predicted molar refractivity (Wildman–Crippen MR) is 81.1 cm³/mol. The number of benzene rings is 1. The van der Waals surface area contributed by atoms with Gasteiger partial charge in [-0.3, -0.25) is 4.79 Å². The maximum absolute atomic E-state index is 12.0. The monoisotopic (exact) mass is 295 g/mol. The number of nitrogens with one attached hydrogen (secondary N) is 1. The third-order valence-electron chi connectivity index (χ3n) is 3.79. The summed E-state index contributed by atoms with van der Waals surface area (Å²) in [5, 5.41) is 3.65. The summed E-state index contributed by atoms with van der Waals surface area (Å²) in [7, 11) is 0. The molecule has 1 fully saturated rings. The third kappa shape index (κ3) is 4.71. The van der Waals surface area contributed by atoms with Crippen LogP contribution in [0.2, 0.25) is 5.02 Å². The highest BCUT2D eigenvalue weighted by Gasteiger charge is 2.18. The molecule has 0 heterocycles. The zero-order valence-electron chi connectivity index (χ0n) is 11.9. The van der Waals surface area contributed by atoms with Crippen molar-refractivity contribution in [2.45, 2.75) is 45.1 Å². The van der Waals surface area contributed by atoms with Gasteiger partial charge in [0.05, 0.1) is 0 Å². The number of ether oxygens (including phenoxy) is 1. The van der Waals surface area contributed by atoms with E-state index in [0.717, 1.165) is 6.54 Å². The molecule has 0 bridgehead atoms. The highest BCUT2D eigenvalue weighted by molar-refractivity contribution is 6.30. The van der Waals surface area contributed by atoms with Crippen molar-refractivity contribution in [3.8, 4) is 5.75 Å². The summed E-state index contributed by atoms with van der Waals surface area (Å²) >= 11 is 5.81. The molecule has 1 aliphatic carbocycles. The molecular formula is C16H22ClNO2.